The Morgan fingerprint density at radius 2 is 1.69 bits per heavy atom. The number of hydrogen-bond donors (Lipinski definition) is 1. The topological polar surface area (TPSA) is 110 Å². The van der Waals surface area contributed by atoms with Crippen molar-refractivity contribution in [3.05, 3.63) is 29.8 Å². The first kappa shape index (κ1) is 27.2. The van der Waals surface area contributed by atoms with E-state index in [0.717, 1.165) is 5.69 Å². The minimum absolute atomic E-state index is 0.0802. The number of rotatable bonds is 8. The van der Waals surface area contributed by atoms with Crippen LogP contribution in [0, 0.1) is 5.92 Å². The number of Topliss-reactive ketones (excluding diaryl/α,β-unsaturated/α-hetero) is 1. The molecule has 0 spiro atoms. The molecule has 0 aromatic heterocycles. The number of likely N-dealkylation sites (tertiary alicyclic amines) is 2. The number of ketones is 1. The van der Waals surface area contributed by atoms with Gasteiger partial charge in [-0.05, 0) is 43.0 Å². The third kappa shape index (κ3) is 5.85. The van der Waals surface area contributed by atoms with Gasteiger partial charge in [0.25, 0.3) is 5.91 Å². The van der Waals surface area contributed by atoms with Crippen LogP contribution in [0.1, 0.15) is 44.0 Å². The lowest BCUT2D eigenvalue weighted by atomic mass is 10.0. The summed E-state index contributed by atoms with van der Waals surface area (Å²) < 4.78 is 0. The van der Waals surface area contributed by atoms with Crippen molar-refractivity contribution >= 4 is 35.1 Å². The molecule has 2 aliphatic heterocycles. The Balaban J connectivity index is 1.73. The normalized spacial score (nSPS) is 19.8. The summed E-state index contributed by atoms with van der Waals surface area (Å²) in [6.07, 6.45) is 0.903. The van der Waals surface area contributed by atoms with Gasteiger partial charge in [0.05, 0.1) is 19.1 Å². The molecule has 1 aromatic carbocycles. The maximum absolute atomic E-state index is 13.6. The summed E-state index contributed by atoms with van der Waals surface area (Å²) in [5.41, 5.74) is 1.41. The molecule has 196 valence electrons. The zero-order chi connectivity index (χ0) is 26.7. The number of carbonyl (C=O) groups excluding carboxylic acids is 5. The molecule has 10 nitrogen and oxygen atoms in total. The Hall–Kier alpha value is -3.43. The van der Waals surface area contributed by atoms with Crippen molar-refractivity contribution in [3.63, 3.8) is 0 Å². The molecular formula is C26H37N5O5. The van der Waals surface area contributed by atoms with Gasteiger partial charge in [-0.3, -0.25) is 24.0 Å². The van der Waals surface area contributed by atoms with Crippen LogP contribution in [0.2, 0.25) is 0 Å². The summed E-state index contributed by atoms with van der Waals surface area (Å²) >= 11 is 0. The SMILES string of the molecule is CC(=O)N(C)CC(=O)N1CC(=O)[C@@H]2[C@H]1CCN2C(=O)[C@H](CC(C)C)NC(=O)c1ccc(N(C)C)cc1. The van der Waals surface area contributed by atoms with Crippen LogP contribution in [0.3, 0.4) is 0 Å². The van der Waals surface area contributed by atoms with Crippen molar-refractivity contribution < 1.29 is 24.0 Å². The monoisotopic (exact) mass is 499 g/mol. The lowest BCUT2D eigenvalue weighted by Gasteiger charge is -2.29. The number of carbonyl (C=O) groups is 5. The number of nitrogens with one attached hydrogen (secondary N) is 1. The molecule has 1 N–H and O–H groups in total. The van der Waals surface area contributed by atoms with Gasteiger partial charge in [0, 0.05) is 45.9 Å². The largest absolute Gasteiger partial charge is 0.378 e. The van der Waals surface area contributed by atoms with Crippen molar-refractivity contribution in [2.24, 2.45) is 5.92 Å². The molecule has 36 heavy (non-hydrogen) atoms. The molecule has 2 aliphatic rings. The standard InChI is InChI=1S/C26H37N5O5/c1-16(2)13-20(27-25(35)18-7-9-19(10-8-18)28(4)5)26(36)30-12-11-21-24(30)22(33)14-31(21)23(34)15-29(6)17(3)32/h7-10,16,20-21,24H,11-15H2,1-6H3,(H,27,35)/t20-,21+,24-/m0/s1. The first-order chi connectivity index (χ1) is 16.9. The van der Waals surface area contributed by atoms with Crippen molar-refractivity contribution in [3.8, 4) is 0 Å². The average molecular weight is 500 g/mol. The summed E-state index contributed by atoms with van der Waals surface area (Å²) in [6, 6.07) is 5.19. The van der Waals surface area contributed by atoms with Gasteiger partial charge < -0.3 is 24.9 Å². The van der Waals surface area contributed by atoms with E-state index in [1.165, 1.54) is 28.7 Å². The predicted octanol–water partition coefficient (Wildman–Crippen LogP) is 0.756. The van der Waals surface area contributed by atoms with Crippen molar-refractivity contribution in [1.82, 2.24) is 20.0 Å². The number of benzene rings is 1. The summed E-state index contributed by atoms with van der Waals surface area (Å²) in [5.74, 6) is -1.27. The van der Waals surface area contributed by atoms with E-state index < -0.39 is 18.1 Å². The Kier molecular flexibility index (Phi) is 8.37. The van der Waals surface area contributed by atoms with E-state index in [1.54, 1.807) is 12.1 Å². The van der Waals surface area contributed by atoms with Gasteiger partial charge in [0.15, 0.2) is 5.78 Å². The third-order valence-electron chi connectivity index (χ3n) is 6.89. The highest BCUT2D eigenvalue weighted by Gasteiger charge is 2.52. The third-order valence-corrected chi connectivity index (χ3v) is 6.89. The van der Waals surface area contributed by atoms with Gasteiger partial charge in [-0.2, -0.15) is 0 Å². The van der Waals surface area contributed by atoms with Crippen molar-refractivity contribution in [2.45, 2.75) is 51.7 Å². The molecule has 0 radical (unpaired) electrons. The predicted molar refractivity (Wildman–Crippen MR) is 135 cm³/mol. The van der Waals surface area contributed by atoms with E-state index in [0.29, 0.717) is 24.9 Å². The number of amides is 4. The minimum atomic E-state index is -0.786. The Morgan fingerprint density at radius 3 is 2.25 bits per heavy atom. The van der Waals surface area contributed by atoms with Gasteiger partial charge in [-0.25, -0.2) is 0 Å². The molecule has 2 heterocycles. The molecular weight excluding hydrogens is 462 g/mol. The smallest absolute Gasteiger partial charge is 0.251 e. The zero-order valence-corrected chi connectivity index (χ0v) is 22.0. The van der Waals surface area contributed by atoms with E-state index in [2.05, 4.69) is 5.32 Å². The van der Waals surface area contributed by atoms with Crippen molar-refractivity contribution in [1.29, 1.82) is 0 Å². The van der Waals surface area contributed by atoms with Gasteiger partial charge >= 0.3 is 0 Å². The second-order valence-electron chi connectivity index (χ2n) is 10.3. The maximum atomic E-state index is 13.6. The van der Waals surface area contributed by atoms with Gasteiger partial charge in [-0.1, -0.05) is 13.8 Å². The minimum Gasteiger partial charge on any atom is -0.378 e. The molecule has 2 fully saturated rings. The van der Waals surface area contributed by atoms with Crippen LogP contribution in [0.4, 0.5) is 5.69 Å². The second kappa shape index (κ2) is 11.1. The number of nitrogens with zero attached hydrogens (tertiary/aromatic N) is 4. The highest BCUT2D eigenvalue weighted by Crippen LogP contribution is 2.31. The number of hydrogen-bond acceptors (Lipinski definition) is 6. The number of likely N-dealkylation sites (N-methyl/N-ethyl adjacent to an activating group) is 1. The molecule has 1 aromatic rings. The molecule has 0 unspecified atom stereocenters. The molecule has 10 heteroatoms. The summed E-state index contributed by atoms with van der Waals surface area (Å²) in [5, 5.41) is 2.88. The summed E-state index contributed by atoms with van der Waals surface area (Å²) in [7, 11) is 5.36. The van der Waals surface area contributed by atoms with E-state index in [9.17, 15) is 24.0 Å². The van der Waals surface area contributed by atoms with Crippen LogP contribution in [0.25, 0.3) is 0 Å². The van der Waals surface area contributed by atoms with E-state index in [1.807, 2.05) is 45.0 Å². The maximum Gasteiger partial charge on any atom is 0.251 e. The highest BCUT2D eigenvalue weighted by atomic mass is 16.2. The van der Waals surface area contributed by atoms with Crippen LogP contribution in [0.5, 0.6) is 0 Å². The number of anilines is 1. The van der Waals surface area contributed by atoms with Gasteiger partial charge in [0.1, 0.15) is 12.1 Å². The Labute approximate surface area is 212 Å². The fourth-order valence-corrected chi connectivity index (χ4v) is 4.84. The van der Waals surface area contributed by atoms with Crippen LogP contribution in [-0.2, 0) is 19.2 Å². The average Bonchev–Trinajstić information content (AvgIpc) is 3.39. The van der Waals surface area contributed by atoms with E-state index in [-0.39, 0.29) is 48.4 Å². The molecule has 4 amide bonds. The molecule has 3 atom stereocenters. The van der Waals surface area contributed by atoms with Crippen LogP contribution in [-0.4, -0.2) is 103 Å². The zero-order valence-electron chi connectivity index (χ0n) is 22.0. The van der Waals surface area contributed by atoms with Gasteiger partial charge in [-0.15, -0.1) is 0 Å². The molecule has 0 saturated carbocycles. The fourth-order valence-electron chi connectivity index (χ4n) is 4.84. The van der Waals surface area contributed by atoms with Crippen LogP contribution >= 0.6 is 0 Å². The lowest BCUT2D eigenvalue weighted by molar-refractivity contribution is -0.139. The van der Waals surface area contributed by atoms with E-state index >= 15 is 0 Å². The van der Waals surface area contributed by atoms with Crippen molar-refractivity contribution in [2.75, 3.05) is 45.7 Å². The molecule has 0 aliphatic carbocycles. The second-order valence-corrected chi connectivity index (χ2v) is 10.3. The highest BCUT2D eigenvalue weighted by molar-refractivity contribution is 6.01. The molecule has 3 rings (SSSR count). The fraction of sp³-hybridized carbons (Fsp3) is 0.577. The van der Waals surface area contributed by atoms with Gasteiger partial charge in [0.2, 0.25) is 17.7 Å². The lowest BCUT2D eigenvalue weighted by Crippen LogP contribution is -2.53. The number of fused-ring (bicyclic) bond motifs is 1. The molecule has 2 saturated heterocycles. The van der Waals surface area contributed by atoms with Crippen LogP contribution < -0.4 is 10.2 Å². The molecule has 0 bridgehead atoms. The summed E-state index contributed by atoms with van der Waals surface area (Å²) in [4.78, 5) is 70.1. The Morgan fingerprint density at radius 1 is 1.06 bits per heavy atom. The Bertz CT molecular complexity index is 1020. The summed E-state index contributed by atoms with van der Waals surface area (Å²) in [6.45, 7) is 5.45. The first-order valence-electron chi connectivity index (χ1n) is 12.3. The first-order valence-corrected chi connectivity index (χ1v) is 12.3. The van der Waals surface area contributed by atoms with E-state index in [4.69, 9.17) is 0 Å². The quantitative estimate of drug-likeness (QED) is 0.565. The van der Waals surface area contributed by atoms with Crippen LogP contribution in [0.15, 0.2) is 24.3 Å².